The molecule has 1 heterocycles. The Bertz CT molecular complexity index is 911. The van der Waals surface area contributed by atoms with Crippen molar-refractivity contribution in [3.8, 4) is 5.69 Å². The van der Waals surface area contributed by atoms with E-state index in [1.807, 2.05) is 0 Å². The van der Waals surface area contributed by atoms with Crippen LogP contribution in [-0.2, 0) is 9.59 Å². The molecule has 1 aliphatic rings. The molecule has 0 radical (unpaired) electrons. The third kappa shape index (κ3) is 3.50. The highest BCUT2D eigenvalue weighted by atomic mass is 19.1. The molecule has 0 bridgehead atoms. The van der Waals surface area contributed by atoms with Gasteiger partial charge in [-0.1, -0.05) is 6.07 Å². The molecule has 0 unspecified atom stereocenters. The Balaban J connectivity index is 1.75. The quantitative estimate of drug-likeness (QED) is 0.748. The molecule has 1 aliphatic carbocycles. The summed E-state index contributed by atoms with van der Waals surface area (Å²) in [4.78, 5) is 35.3. The lowest BCUT2D eigenvalue weighted by molar-refractivity contribution is -0.124. The average molecular weight is 359 g/mol. The summed E-state index contributed by atoms with van der Waals surface area (Å²) in [7, 11) is 0. The van der Waals surface area contributed by atoms with Gasteiger partial charge >= 0.3 is 0 Å². The van der Waals surface area contributed by atoms with Crippen molar-refractivity contribution in [1.29, 1.82) is 0 Å². The fourth-order valence-corrected chi connectivity index (χ4v) is 3.17. The zero-order valence-corrected chi connectivity index (χ0v) is 13.8. The first kappa shape index (κ1) is 17.8. The van der Waals surface area contributed by atoms with E-state index in [-0.39, 0.29) is 24.1 Å². The Morgan fingerprint density at radius 1 is 1.23 bits per heavy atom. The highest BCUT2D eigenvalue weighted by Crippen LogP contribution is 2.32. The van der Waals surface area contributed by atoms with Gasteiger partial charge in [-0.05, 0) is 31.0 Å². The van der Waals surface area contributed by atoms with E-state index in [2.05, 4.69) is 5.32 Å². The van der Waals surface area contributed by atoms with E-state index < -0.39 is 35.6 Å². The SMILES string of the molecule is NC(=O)[C@H]1C[C@H](C(=O)Nc2ccc(-n3ccccc3=O)cc2F)C[C@H]1O. The van der Waals surface area contributed by atoms with E-state index in [4.69, 9.17) is 5.73 Å². The Morgan fingerprint density at radius 2 is 2.00 bits per heavy atom. The number of aliphatic hydroxyl groups is 1. The molecule has 0 aliphatic heterocycles. The summed E-state index contributed by atoms with van der Waals surface area (Å²) in [6.45, 7) is 0. The summed E-state index contributed by atoms with van der Waals surface area (Å²) >= 11 is 0. The number of carbonyl (C=O) groups is 2. The second-order valence-electron chi connectivity index (χ2n) is 6.31. The zero-order chi connectivity index (χ0) is 18.8. The normalized spacial score (nSPS) is 22.2. The number of nitrogens with two attached hydrogens (primary N) is 1. The maximum Gasteiger partial charge on any atom is 0.255 e. The monoisotopic (exact) mass is 359 g/mol. The minimum atomic E-state index is -0.972. The molecule has 3 rings (SSSR count). The summed E-state index contributed by atoms with van der Waals surface area (Å²) in [5.41, 5.74) is 5.18. The molecule has 0 spiro atoms. The van der Waals surface area contributed by atoms with Crippen LogP contribution in [0.4, 0.5) is 10.1 Å². The van der Waals surface area contributed by atoms with E-state index in [1.165, 1.54) is 29.0 Å². The highest BCUT2D eigenvalue weighted by Gasteiger charge is 2.40. The number of benzene rings is 1. The standard InChI is InChI=1S/C18H18FN3O4/c19-13-9-11(22-6-2-1-3-16(22)24)4-5-14(13)21-18(26)10-7-12(17(20)25)15(23)8-10/h1-6,9-10,12,15,23H,7-8H2,(H2,20,25)(H,21,26)/t10-,12-,15+/m0/s1. The lowest BCUT2D eigenvalue weighted by atomic mass is 10.0. The molecule has 2 aromatic rings. The summed E-state index contributed by atoms with van der Waals surface area (Å²) < 4.78 is 15.6. The van der Waals surface area contributed by atoms with Crippen LogP contribution in [-0.4, -0.2) is 27.6 Å². The molecular weight excluding hydrogens is 341 g/mol. The molecule has 4 N–H and O–H groups in total. The number of rotatable bonds is 4. The van der Waals surface area contributed by atoms with Crippen LogP contribution in [0, 0.1) is 17.7 Å². The second-order valence-corrected chi connectivity index (χ2v) is 6.31. The Hall–Kier alpha value is -3.00. The molecule has 1 fully saturated rings. The van der Waals surface area contributed by atoms with Crippen molar-refractivity contribution < 1.29 is 19.1 Å². The van der Waals surface area contributed by atoms with Gasteiger partial charge in [-0.25, -0.2) is 4.39 Å². The molecule has 8 heteroatoms. The number of aromatic nitrogens is 1. The first-order chi connectivity index (χ1) is 12.4. The minimum Gasteiger partial charge on any atom is -0.392 e. The number of anilines is 1. The number of aliphatic hydroxyl groups excluding tert-OH is 1. The van der Waals surface area contributed by atoms with Crippen molar-refractivity contribution in [3.05, 3.63) is 58.8 Å². The molecule has 1 aromatic heterocycles. The van der Waals surface area contributed by atoms with E-state index in [0.717, 1.165) is 6.07 Å². The van der Waals surface area contributed by atoms with Gasteiger partial charge in [0.25, 0.3) is 5.56 Å². The van der Waals surface area contributed by atoms with Crippen molar-refractivity contribution in [2.75, 3.05) is 5.32 Å². The number of carbonyl (C=O) groups excluding carboxylic acids is 2. The lowest BCUT2D eigenvalue weighted by Crippen LogP contribution is -2.29. The van der Waals surface area contributed by atoms with Crippen molar-refractivity contribution >= 4 is 17.5 Å². The van der Waals surface area contributed by atoms with Crippen molar-refractivity contribution in [2.24, 2.45) is 17.6 Å². The average Bonchev–Trinajstić information content (AvgIpc) is 2.99. The van der Waals surface area contributed by atoms with E-state index in [0.29, 0.717) is 5.69 Å². The van der Waals surface area contributed by atoms with Gasteiger partial charge in [0.15, 0.2) is 0 Å². The number of hydrogen-bond acceptors (Lipinski definition) is 4. The summed E-state index contributed by atoms with van der Waals surface area (Å²) in [6.07, 6.45) is 0.764. The highest BCUT2D eigenvalue weighted by molar-refractivity contribution is 5.93. The van der Waals surface area contributed by atoms with Crippen LogP contribution in [0.1, 0.15) is 12.8 Å². The van der Waals surface area contributed by atoms with Gasteiger partial charge in [-0.15, -0.1) is 0 Å². The van der Waals surface area contributed by atoms with Crippen LogP contribution in [0.5, 0.6) is 0 Å². The number of hydrogen-bond donors (Lipinski definition) is 3. The van der Waals surface area contributed by atoms with E-state index in [9.17, 15) is 23.9 Å². The summed E-state index contributed by atoms with van der Waals surface area (Å²) in [6, 6.07) is 8.60. The van der Waals surface area contributed by atoms with Gasteiger partial charge in [0.2, 0.25) is 11.8 Å². The predicted molar refractivity (Wildman–Crippen MR) is 92.0 cm³/mol. The molecule has 0 saturated heterocycles. The number of nitrogens with one attached hydrogen (secondary N) is 1. The van der Waals surface area contributed by atoms with E-state index in [1.54, 1.807) is 12.1 Å². The van der Waals surface area contributed by atoms with Crippen molar-refractivity contribution in [3.63, 3.8) is 0 Å². The maximum absolute atomic E-state index is 14.3. The number of nitrogens with zero attached hydrogens (tertiary/aromatic N) is 1. The maximum atomic E-state index is 14.3. The van der Waals surface area contributed by atoms with E-state index >= 15 is 0 Å². The number of pyridine rings is 1. The van der Waals surface area contributed by atoms with Crippen LogP contribution in [0.15, 0.2) is 47.4 Å². The first-order valence-electron chi connectivity index (χ1n) is 8.12. The number of amides is 2. The largest absolute Gasteiger partial charge is 0.392 e. The topological polar surface area (TPSA) is 114 Å². The van der Waals surface area contributed by atoms with Crippen LogP contribution >= 0.6 is 0 Å². The predicted octanol–water partition coefficient (Wildman–Crippen LogP) is 0.787. The van der Waals surface area contributed by atoms with Crippen molar-refractivity contribution in [1.82, 2.24) is 4.57 Å². The Labute approximate surface area is 148 Å². The summed E-state index contributed by atoms with van der Waals surface area (Å²) in [5, 5.41) is 12.3. The number of halogens is 1. The number of primary amides is 1. The molecular formula is C18H18FN3O4. The van der Waals surface area contributed by atoms with Crippen molar-refractivity contribution in [2.45, 2.75) is 18.9 Å². The minimum absolute atomic E-state index is 0.0419. The molecule has 26 heavy (non-hydrogen) atoms. The zero-order valence-electron chi connectivity index (χ0n) is 13.8. The Kier molecular flexibility index (Phi) is 4.85. The molecule has 7 nitrogen and oxygen atoms in total. The van der Waals surface area contributed by atoms with Crippen LogP contribution in [0.3, 0.4) is 0 Å². The van der Waals surface area contributed by atoms with Crippen LogP contribution < -0.4 is 16.6 Å². The molecule has 1 aromatic carbocycles. The first-order valence-corrected chi connectivity index (χ1v) is 8.12. The van der Waals surface area contributed by atoms with Gasteiger partial charge in [0.05, 0.1) is 23.4 Å². The second kappa shape index (κ2) is 7.09. The third-order valence-corrected chi connectivity index (χ3v) is 4.58. The molecule has 3 atom stereocenters. The molecule has 2 amide bonds. The van der Waals surface area contributed by atoms with Crippen LogP contribution in [0.2, 0.25) is 0 Å². The Morgan fingerprint density at radius 3 is 2.62 bits per heavy atom. The third-order valence-electron chi connectivity index (χ3n) is 4.58. The van der Waals surface area contributed by atoms with Gasteiger partial charge < -0.3 is 16.2 Å². The lowest BCUT2D eigenvalue weighted by Gasteiger charge is -2.12. The van der Waals surface area contributed by atoms with Gasteiger partial charge in [-0.2, -0.15) is 0 Å². The molecule has 1 saturated carbocycles. The van der Waals surface area contributed by atoms with Gasteiger partial charge in [0.1, 0.15) is 5.82 Å². The molecule has 136 valence electrons. The smallest absolute Gasteiger partial charge is 0.255 e. The van der Waals surface area contributed by atoms with Gasteiger partial charge in [0, 0.05) is 24.2 Å². The van der Waals surface area contributed by atoms with Gasteiger partial charge in [-0.3, -0.25) is 19.0 Å². The fourth-order valence-electron chi connectivity index (χ4n) is 3.17. The summed E-state index contributed by atoms with van der Waals surface area (Å²) in [5.74, 6) is -3.24. The van der Waals surface area contributed by atoms with Crippen LogP contribution in [0.25, 0.3) is 5.69 Å². The fraction of sp³-hybridized carbons (Fsp3) is 0.278.